The standard InChI is InChI=1S/C13H18N4O2S/c1-6-17-9(8(19-5)7-14-17)10(18)11-12(13(2,3)4)15-16-20-11/h7H,6H2,1-5H3. The third-order valence-corrected chi connectivity index (χ3v) is 3.67. The van der Waals surface area contributed by atoms with Crippen LogP contribution in [0.2, 0.25) is 0 Å². The zero-order chi connectivity index (χ0) is 14.9. The number of methoxy groups -OCH3 is 1. The third kappa shape index (κ3) is 2.45. The van der Waals surface area contributed by atoms with Crippen LogP contribution in [0.1, 0.15) is 48.8 Å². The number of aromatic nitrogens is 4. The number of rotatable bonds is 4. The van der Waals surface area contributed by atoms with Crippen molar-refractivity contribution in [1.29, 1.82) is 0 Å². The van der Waals surface area contributed by atoms with E-state index in [4.69, 9.17) is 4.74 Å². The Hall–Kier alpha value is -1.76. The predicted molar refractivity (Wildman–Crippen MR) is 76.5 cm³/mol. The molecule has 2 rings (SSSR count). The molecule has 0 bridgehead atoms. The van der Waals surface area contributed by atoms with Crippen LogP contribution in [-0.4, -0.2) is 32.3 Å². The summed E-state index contributed by atoms with van der Waals surface area (Å²) >= 11 is 1.11. The van der Waals surface area contributed by atoms with Crippen LogP contribution >= 0.6 is 11.5 Å². The number of ketones is 1. The number of carbonyl (C=O) groups is 1. The van der Waals surface area contributed by atoms with Gasteiger partial charge < -0.3 is 4.74 Å². The molecule has 108 valence electrons. The highest BCUT2D eigenvalue weighted by molar-refractivity contribution is 7.08. The fraction of sp³-hybridized carbons (Fsp3) is 0.538. The number of ether oxygens (including phenoxy) is 1. The first-order valence-electron chi connectivity index (χ1n) is 6.37. The lowest BCUT2D eigenvalue weighted by Gasteiger charge is -2.16. The average molecular weight is 294 g/mol. The summed E-state index contributed by atoms with van der Waals surface area (Å²) in [6, 6.07) is 0. The van der Waals surface area contributed by atoms with E-state index in [9.17, 15) is 4.79 Å². The van der Waals surface area contributed by atoms with Crippen LogP contribution in [0.25, 0.3) is 0 Å². The van der Waals surface area contributed by atoms with Crippen molar-refractivity contribution in [3.05, 3.63) is 22.5 Å². The number of nitrogens with zero attached hydrogens (tertiary/aromatic N) is 4. The minimum absolute atomic E-state index is 0.138. The minimum Gasteiger partial charge on any atom is -0.493 e. The van der Waals surface area contributed by atoms with E-state index >= 15 is 0 Å². The van der Waals surface area contributed by atoms with Gasteiger partial charge >= 0.3 is 0 Å². The van der Waals surface area contributed by atoms with Crippen molar-refractivity contribution in [3.8, 4) is 5.75 Å². The van der Waals surface area contributed by atoms with Crippen LogP contribution in [0.5, 0.6) is 5.75 Å². The number of aryl methyl sites for hydroxylation is 1. The molecule has 0 N–H and O–H groups in total. The van der Waals surface area contributed by atoms with Gasteiger partial charge in [0.15, 0.2) is 11.4 Å². The number of hydrogen-bond donors (Lipinski definition) is 0. The van der Waals surface area contributed by atoms with Crippen LogP contribution in [0, 0.1) is 0 Å². The molecule has 2 aromatic rings. The molecule has 7 heteroatoms. The van der Waals surface area contributed by atoms with Crippen molar-refractivity contribution in [1.82, 2.24) is 19.4 Å². The smallest absolute Gasteiger partial charge is 0.228 e. The molecule has 0 radical (unpaired) electrons. The molecule has 0 saturated carbocycles. The molecular weight excluding hydrogens is 276 g/mol. The van der Waals surface area contributed by atoms with Gasteiger partial charge in [-0.05, 0) is 18.5 Å². The quantitative estimate of drug-likeness (QED) is 0.809. The zero-order valence-electron chi connectivity index (χ0n) is 12.3. The van der Waals surface area contributed by atoms with Crippen molar-refractivity contribution < 1.29 is 9.53 Å². The van der Waals surface area contributed by atoms with Crippen molar-refractivity contribution in [2.45, 2.75) is 39.7 Å². The largest absolute Gasteiger partial charge is 0.493 e. The van der Waals surface area contributed by atoms with E-state index in [1.807, 2.05) is 27.7 Å². The van der Waals surface area contributed by atoms with E-state index in [1.54, 1.807) is 10.9 Å². The van der Waals surface area contributed by atoms with E-state index in [2.05, 4.69) is 14.7 Å². The summed E-state index contributed by atoms with van der Waals surface area (Å²) in [6.07, 6.45) is 1.56. The Morgan fingerprint density at radius 3 is 2.70 bits per heavy atom. The molecule has 0 fully saturated rings. The van der Waals surface area contributed by atoms with Crippen LogP contribution in [0.15, 0.2) is 6.20 Å². The van der Waals surface area contributed by atoms with E-state index in [0.717, 1.165) is 11.5 Å². The summed E-state index contributed by atoms with van der Waals surface area (Å²) in [7, 11) is 1.53. The molecule has 2 aromatic heterocycles. The highest BCUT2D eigenvalue weighted by Gasteiger charge is 2.30. The Morgan fingerprint density at radius 2 is 2.15 bits per heavy atom. The first-order chi connectivity index (χ1) is 9.40. The zero-order valence-corrected chi connectivity index (χ0v) is 13.1. The number of hydrogen-bond acceptors (Lipinski definition) is 6. The fourth-order valence-electron chi connectivity index (χ4n) is 1.92. The lowest BCUT2D eigenvalue weighted by Crippen LogP contribution is -2.18. The van der Waals surface area contributed by atoms with Gasteiger partial charge in [-0.2, -0.15) is 5.10 Å². The molecule has 0 atom stereocenters. The van der Waals surface area contributed by atoms with Crippen LogP contribution in [0.3, 0.4) is 0 Å². The van der Waals surface area contributed by atoms with Crippen molar-refractivity contribution >= 4 is 17.3 Å². The summed E-state index contributed by atoms with van der Waals surface area (Å²) < 4.78 is 10.8. The van der Waals surface area contributed by atoms with Gasteiger partial charge in [0.2, 0.25) is 5.78 Å². The highest BCUT2D eigenvalue weighted by atomic mass is 32.1. The molecule has 0 aliphatic rings. The maximum Gasteiger partial charge on any atom is 0.228 e. The lowest BCUT2D eigenvalue weighted by atomic mass is 9.90. The fourth-order valence-corrected chi connectivity index (χ4v) is 2.74. The van der Waals surface area contributed by atoms with Gasteiger partial charge in [-0.3, -0.25) is 9.48 Å². The van der Waals surface area contributed by atoms with Gasteiger partial charge in [0.05, 0.1) is 19.0 Å². The van der Waals surface area contributed by atoms with Crippen molar-refractivity contribution in [3.63, 3.8) is 0 Å². The molecule has 20 heavy (non-hydrogen) atoms. The summed E-state index contributed by atoms with van der Waals surface area (Å²) in [5, 5.41) is 8.27. The van der Waals surface area contributed by atoms with Gasteiger partial charge in [-0.15, -0.1) is 5.10 Å². The second-order valence-corrected chi connectivity index (χ2v) is 6.16. The molecular formula is C13H18N4O2S. The normalized spacial score (nSPS) is 11.7. The topological polar surface area (TPSA) is 69.9 Å². The highest BCUT2D eigenvalue weighted by Crippen LogP contribution is 2.30. The average Bonchev–Trinajstić information content (AvgIpc) is 3.03. The van der Waals surface area contributed by atoms with Crippen LogP contribution in [0.4, 0.5) is 0 Å². The minimum atomic E-state index is -0.234. The maximum atomic E-state index is 12.8. The van der Waals surface area contributed by atoms with E-state index < -0.39 is 0 Å². The molecule has 0 unspecified atom stereocenters. The van der Waals surface area contributed by atoms with Crippen LogP contribution in [-0.2, 0) is 12.0 Å². The van der Waals surface area contributed by atoms with Gasteiger partial charge in [0.25, 0.3) is 0 Å². The molecule has 2 heterocycles. The van der Waals surface area contributed by atoms with Crippen LogP contribution < -0.4 is 4.74 Å². The molecule has 0 aliphatic heterocycles. The molecule has 0 aromatic carbocycles. The first-order valence-corrected chi connectivity index (χ1v) is 7.14. The lowest BCUT2D eigenvalue weighted by molar-refractivity contribution is 0.102. The summed E-state index contributed by atoms with van der Waals surface area (Å²) in [6.45, 7) is 8.55. The first kappa shape index (κ1) is 14.6. The Morgan fingerprint density at radius 1 is 1.45 bits per heavy atom. The molecule has 6 nitrogen and oxygen atoms in total. The van der Waals surface area contributed by atoms with Crippen molar-refractivity contribution in [2.24, 2.45) is 0 Å². The Balaban J connectivity index is 2.53. The molecule has 0 spiro atoms. The maximum absolute atomic E-state index is 12.8. The SMILES string of the molecule is CCn1ncc(OC)c1C(=O)c1snnc1C(C)(C)C. The number of carbonyl (C=O) groups excluding carboxylic acids is 1. The van der Waals surface area contributed by atoms with E-state index in [0.29, 0.717) is 28.6 Å². The molecule has 0 amide bonds. The monoisotopic (exact) mass is 294 g/mol. The third-order valence-electron chi connectivity index (χ3n) is 2.95. The predicted octanol–water partition coefficient (Wildman–Crippen LogP) is 2.29. The second-order valence-electron chi connectivity index (χ2n) is 5.41. The van der Waals surface area contributed by atoms with Gasteiger partial charge in [-0.25, -0.2) is 0 Å². The van der Waals surface area contributed by atoms with E-state index in [-0.39, 0.29) is 11.2 Å². The summed E-state index contributed by atoms with van der Waals surface area (Å²) in [5.74, 6) is 0.339. The molecule has 0 aliphatic carbocycles. The van der Waals surface area contributed by atoms with Crippen molar-refractivity contribution in [2.75, 3.05) is 7.11 Å². The summed E-state index contributed by atoms with van der Waals surface area (Å²) in [5.41, 5.74) is 0.924. The van der Waals surface area contributed by atoms with Gasteiger partial charge in [-0.1, -0.05) is 25.3 Å². The Bertz CT molecular complexity index is 603. The Kier molecular flexibility index (Phi) is 3.89. The second kappa shape index (κ2) is 5.32. The Labute approximate surface area is 121 Å². The molecule has 0 saturated heterocycles. The summed E-state index contributed by atoms with van der Waals surface area (Å²) in [4.78, 5) is 13.3. The van der Waals surface area contributed by atoms with E-state index in [1.165, 1.54) is 7.11 Å². The van der Waals surface area contributed by atoms with Gasteiger partial charge in [0.1, 0.15) is 4.88 Å². The van der Waals surface area contributed by atoms with Gasteiger partial charge in [0, 0.05) is 12.0 Å².